The Bertz CT molecular complexity index is 764. The molecule has 0 aliphatic carbocycles. The summed E-state index contributed by atoms with van der Waals surface area (Å²) >= 11 is 7.41. The van der Waals surface area contributed by atoms with Crippen LogP contribution in [0.1, 0.15) is 63.3 Å². The molecule has 3 rings (SSSR count). The molecule has 0 spiro atoms. The van der Waals surface area contributed by atoms with Gasteiger partial charge in [-0.05, 0) is 30.5 Å². The number of rotatable bonds is 9. The van der Waals surface area contributed by atoms with Crippen molar-refractivity contribution in [1.29, 1.82) is 0 Å². The molecule has 0 atom stereocenters. The number of amides is 1. The van der Waals surface area contributed by atoms with Gasteiger partial charge in [-0.2, -0.15) is 4.37 Å². The smallest absolute Gasteiger partial charge is 0.222 e. The Morgan fingerprint density at radius 3 is 2.66 bits per heavy atom. The first-order chi connectivity index (χ1) is 14.2. The lowest BCUT2D eigenvalue weighted by Gasteiger charge is -2.21. The second-order valence-corrected chi connectivity index (χ2v) is 8.85. The van der Waals surface area contributed by atoms with Crippen molar-refractivity contribution in [3.63, 3.8) is 0 Å². The summed E-state index contributed by atoms with van der Waals surface area (Å²) < 4.78 is 4.53. The van der Waals surface area contributed by atoms with Gasteiger partial charge in [0.2, 0.25) is 11.0 Å². The minimum Gasteiger partial charge on any atom is -0.345 e. The molecular formula is C22H31ClN4OS. The predicted molar refractivity (Wildman–Crippen MR) is 121 cm³/mol. The summed E-state index contributed by atoms with van der Waals surface area (Å²) in [4.78, 5) is 21.6. The van der Waals surface area contributed by atoms with Gasteiger partial charge >= 0.3 is 0 Å². The van der Waals surface area contributed by atoms with E-state index in [0.29, 0.717) is 18.7 Å². The highest BCUT2D eigenvalue weighted by atomic mass is 35.5. The van der Waals surface area contributed by atoms with E-state index in [1.165, 1.54) is 37.2 Å². The molecule has 1 amide bonds. The second-order valence-electron chi connectivity index (χ2n) is 7.68. The fourth-order valence-corrected chi connectivity index (χ4v) is 4.49. The Morgan fingerprint density at radius 2 is 1.86 bits per heavy atom. The molecule has 29 heavy (non-hydrogen) atoms. The minimum absolute atomic E-state index is 0.309. The summed E-state index contributed by atoms with van der Waals surface area (Å²) in [5.74, 6) is 1.15. The number of aromatic nitrogens is 2. The van der Waals surface area contributed by atoms with Crippen molar-refractivity contribution < 1.29 is 4.79 Å². The molecule has 2 heterocycles. The Balaban J connectivity index is 1.47. The lowest BCUT2D eigenvalue weighted by Crippen LogP contribution is -2.35. The molecule has 1 saturated heterocycles. The first kappa shape index (κ1) is 22.0. The summed E-state index contributed by atoms with van der Waals surface area (Å²) in [5, 5.41) is 1.70. The number of hydrogen-bond acceptors (Lipinski definition) is 5. The van der Waals surface area contributed by atoms with Crippen LogP contribution in [0.5, 0.6) is 0 Å². The number of anilines is 1. The second kappa shape index (κ2) is 11.5. The lowest BCUT2D eigenvalue weighted by atomic mass is 10.1. The number of hydrogen-bond donors (Lipinski definition) is 0. The molecule has 1 aromatic heterocycles. The van der Waals surface area contributed by atoms with Crippen LogP contribution in [-0.2, 0) is 11.2 Å². The van der Waals surface area contributed by atoms with Crippen LogP contribution in [0.4, 0.5) is 5.13 Å². The molecule has 0 saturated carbocycles. The van der Waals surface area contributed by atoms with Crippen molar-refractivity contribution >= 4 is 34.2 Å². The molecule has 7 heteroatoms. The summed E-state index contributed by atoms with van der Waals surface area (Å²) in [6, 6.07) is 7.82. The van der Waals surface area contributed by atoms with Gasteiger partial charge in [-0.3, -0.25) is 4.79 Å². The molecule has 0 unspecified atom stereocenters. The first-order valence-corrected chi connectivity index (χ1v) is 11.9. The number of nitrogens with zero attached hydrogens (tertiary/aromatic N) is 4. The minimum atomic E-state index is 0.309. The predicted octanol–water partition coefficient (Wildman–Crippen LogP) is 5.18. The van der Waals surface area contributed by atoms with Crippen molar-refractivity contribution in [1.82, 2.24) is 14.3 Å². The first-order valence-electron chi connectivity index (χ1n) is 10.8. The zero-order chi connectivity index (χ0) is 20.5. The van der Waals surface area contributed by atoms with Crippen LogP contribution in [-0.4, -0.2) is 46.3 Å². The Labute approximate surface area is 183 Å². The van der Waals surface area contributed by atoms with Crippen LogP contribution in [0.3, 0.4) is 0 Å². The van der Waals surface area contributed by atoms with Gasteiger partial charge in [-0.1, -0.05) is 56.3 Å². The molecule has 1 aliphatic heterocycles. The highest BCUT2D eigenvalue weighted by Crippen LogP contribution is 2.21. The van der Waals surface area contributed by atoms with Crippen molar-refractivity contribution in [3.8, 4) is 0 Å². The number of carbonyl (C=O) groups is 1. The van der Waals surface area contributed by atoms with E-state index in [0.717, 1.165) is 60.6 Å². The molecule has 1 aliphatic rings. The highest BCUT2D eigenvalue weighted by molar-refractivity contribution is 7.09. The van der Waals surface area contributed by atoms with Crippen LogP contribution in [0.15, 0.2) is 24.3 Å². The monoisotopic (exact) mass is 434 g/mol. The largest absolute Gasteiger partial charge is 0.345 e. The third-order valence-corrected chi connectivity index (χ3v) is 6.41. The Morgan fingerprint density at radius 1 is 1.07 bits per heavy atom. The van der Waals surface area contributed by atoms with E-state index in [2.05, 4.69) is 16.2 Å². The number of benzene rings is 1. The maximum Gasteiger partial charge on any atom is 0.222 e. The zero-order valence-electron chi connectivity index (χ0n) is 17.3. The van der Waals surface area contributed by atoms with Gasteiger partial charge in [0, 0.05) is 55.6 Å². The molecule has 0 bridgehead atoms. The van der Waals surface area contributed by atoms with Gasteiger partial charge in [-0.15, -0.1) is 0 Å². The lowest BCUT2D eigenvalue weighted by molar-refractivity contribution is -0.131. The maximum atomic E-state index is 12.5. The van der Waals surface area contributed by atoms with Gasteiger partial charge in [-0.25, -0.2) is 4.98 Å². The molecule has 1 fully saturated rings. The van der Waals surface area contributed by atoms with Crippen LogP contribution in [0.25, 0.3) is 0 Å². The van der Waals surface area contributed by atoms with Gasteiger partial charge in [0.05, 0.1) is 0 Å². The van der Waals surface area contributed by atoms with Crippen LogP contribution in [0.2, 0.25) is 5.02 Å². The third-order valence-electron chi connectivity index (χ3n) is 5.35. The Hall–Kier alpha value is -1.66. The highest BCUT2D eigenvalue weighted by Gasteiger charge is 2.21. The third kappa shape index (κ3) is 6.96. The quantitative estimate of drug-likeness (QED) is 0.510. The zero-order valence-corrected chi connectivity index (χ0v) is 18.9. The molecule has 0 radical (unpaired) electrons. The molecule has 2 aromatic rings. The average Bonchev–Trinajstić information content (AvgIpc) is 3.04. The van der Waals surface area contributed by atoms with Crippen LogP contribution < -0.4 is 4.90 Å². The topological polar surface area (TPSA) is 49.3 Å². The number of carbonyl (C=O) groups excluding carboxylic acids is 1. The summed E-state index contributed by atoms with van der Waals surface area (Å²) in [6.07, 6.45) is 8.32. The SMILES string of the molecule is CCCCCCCC(=O)N1CCCN(c2nc(Cc3ccc(Cl)cc3)ns2)CC1. The molecule has 158 valence electrons. The van der Waals surface area contributed by atoms with Gasteiger partial charge in [0.1, 0.15) is 5.82 Å². The van der Waals surface area contributed by atoms with E-state index in [-0.39, 0.29) is 0 Å². The van der Waals surface area contributed by atoms with Gasteiger partial charge in [0.25, 0.3) is 0 Å². The van der Waals surface area contributed by atoms with Crippen LogP contribution >= 0.6 is 23.1 Å². The Kier molecular flexibility index (Phi) is 8.74. The molecular weight excluding hydrogens is 404 g/mol. The van der Waals surface area contributed by atoms with Gasteiger partial charge < -0.3 is 9.80 Å². The van der Waals surface area contributed by atoms with Crippen molar-refractivity contribution in [2.24, 2.45) is 0 Å². The normalized spacial score (nSPS) is 14.8. The van der Waals surface area contributed by atoms with Gasteiger partial charge in [0.15, 0.2) is 0 Å². The van der Waals surface area contributed by atoms with Crippen molar-refractivity contribution in [3.05, 3.63) is 40.7 Å². The molecule has 5 nitrogen and oxygen atoms in total. The van der Waals surface area contributed by atoms with E-state index in [1.54, 1.807) is 0 Å². The molecule has 1 aromatic carbocycles. The number of halogens is 1. The maximum absolute atomic E-state index is 12.5. The van der Waals surface area contributed by atoms with Crippen molar-refractivity contribution in [2.75, 3.05) is 31.1 Å². The summed E-state index contributed by atoms with van der Waals surface area (Å²) in [6.45, 7) is 5.60. The van der Waals surface area contributed by atoms with Crippen molar-refractivity contribution in [2.45, 2.75) is 58.3 Å². The molecule has 0 N–H and O–H groups in total. The average molecular weight is 435 g/mol. The number of unbranched alkanes of at least 4 members (excludes halogenated alkanes) is 4. The standard InChI is InChI=1S/C22H31ClN4OS/c1-2-3-4-5-6-8-21(28)26-13-7-14-27(16-15-26)22-24-20(25-29-22)17-18-9-11-19(23)12-10-18/h9-12H,2-8,13-17H2,1H3. The summed E-state index contributed by atoms with van der Waals surface area (Å²) in [5.41, 5.74) is 1.16. The fraction of sp³-hybridized carbons (Fsp3) is 0.591. The van der Waals surface area contributed by atoms with E-state index >= 15 is 0 Å². The van der Waals surface area contributed by atoms with E-state index in [9.17, 15) is 4.79 Å². The summed E-state index contributed by atoms with van der Waals surface area (Å²) in [7, 11) is 0. The fourth-order valence-electron chi connectivity index (χ4n) is 3.63. The van der Waals surface area contributed by atoms with E-state index in [4.69, 9.17) is 16.6 Å². The van der Waals surface area contributed by atoms with Crippen LogP contribution in [0, 0.1) is 0 Å². The van der Waals surface area contributed by atoms with E-state index < -0.39 is 0 Å². The van der Waals surface area contributed by atoms with E-state index in [1.807, 2.05) is 29.2 Å².